The molecule has 0 bridgehead atoms. The molecular weight excluding hydrogens is 538 g/mol. The van der Waals surface area contributed by atoms with Crippen molar-refractivity contribution in [3.05, 3.63) is 95.6 Å². The van der Waals surface area contributed by atoms with Crippen LogP contribution in [-0.4, -0.2) is 50.5 Å². The maximum Gasteiger partial charge on any atom is 0.244 e. The van der Waals surface area contributed by atoms with Crippen LogP contribution in [0, 0.1) is 6.92 Å². The molecular formula is C32H41N3O5S. The number of amides is 2. The van der Waals surface area contributed by atoms with Crippen LogP contribution < -0.4 is 14.4 Å². The fraction of sp³-hybridized carbons (Fsp3) is 0.375. The smallest absolute Gasteiger partial charge is 0.244 e. The second-order valence-corrected chi connectivity index (χ2v) is 12.0. The monoisotopic (exact) mass is 579 g/mol. The van der Waals surface area contributed by atoms with Gasteiger partial charge in [-0.2, -0.15) is 0 Å². The van der Waals surface area contributed by atoms with Gasteiger partial charge in [0.1, 0.15) is 24.9 Å². The van der Waals surface area contributed by atoms with Crippen molar-refractivity contribution in [2.75, 3.05) is 23.7 Å². The number of carbonyl (C=O) groups is 2. The van der Waals surface area contributed by atoms with Crippen molar-refractivity contribution in [2.45, 2.75) is 59.2 Å². The topological polar surface area (TPSA) is 96.0 Å². The van der Waals surface area contributed by atoms with Crippen LogP contribution in [0.3, 0.4) is 0 Å². The van der Waals surface area contributed by atoms with Gasteiger partial charge in [-0.3, -0.25) is 13.9 Å². The minimum Gasteiger partial charge on any atom is -0.489 e. The Kier molecular flexibility index (Phi) is 11.8. The number of carbonyl (C=O) groups excluding carboxylic acids is 2. The first-order valence-corrected chi connectivity index (χ1v) is 15.8. The Balaban J connectivity index is 1.84. The maximum atomic E-state index is 13.9. The number of rotatable bonds is 15. The molecule has 0 fully saturated rings. The normalized spacial score (nSPS) is 11.9. The second-order valence-electron chi connectivity index (χ2n) is 10.1. The molecule has 0 aliphatic carbocycles. The molecule has 8 nitrogen and oxygen atoms in total. The van der Waals surface area contributed by atoms with Gasteiger partial charge in [-0.05, 0) is 60.7 Å². The van der Waals surface area contributed by atoms with Gasteiger partial charge in [-0.15, -0.1) is 0 Å². The fourth-order valence-corrected chi connectivity index (χ4v) is 5.31. The highest BCUT2D eigenvalue weighted by Gasteiger charge is 2.31. The summed E-state index contributed by atoms with van der Waals surface area (Å²) >= 11 is 0. The van der Waals surface area contributed by atoms with E-state index in [4.69, 9.17) is 4.74 Å². The summed E-state index contributed by atoms with van der Waals surface area (Å²) in [6.45, 7) is 6.49. The molecule has 0 heterocycles. The number of hydrogen-bond acceptors (Lipinski definition) is 5. The predicted molar refractivity (Wildman–Crippen MR) is 163 cm³/mol. The SMILES string of the molecule is CCCCNC(=O)[C@@H](CC)N(Cc1ccccc1C)C(=O)CN(c1ccc(OCc2ccccc2)cc1)S(C)(=O)=O. The number of sulfonamides is 1. The maximum absolute atomic E-state index is 13.9. The van der Waals surface area contributed by atoms with Gasteiger partial charge in [0, 0.05) is 13.1 Å². The van der Waals surface area contributed by atoms with E-state index in [1.165, 1.54) is 4.90 Å². The number of ether oxygens (including phenoxy) is 1. The minimum atomic E-state index is -3.82. The average molecular weight is 580 g/mol. The zero-order chi connectivity index (χ0) is 29.8. The van der Waals surface area contributed by atoms with E-state index in [9.17, 15) is 18.0 Å². The van der Waals surface area contributed by atoms with Crippen LogP contribution in [0.25, 0.3) is 0 Å². The van der Waals surface area contributed by atoms with E-state index < -0.39 is 28.5 Å². The predicted octanol–water partition coefficient (Wildman–Crippen LogP) is 5.06. The molecule has 0 aromatic heterocycles. The molecule has 3 aromatic carbocycles. The van der Waals surface area contributed by atoms with E-state index in [0.29, 0.717) is 31.0 Å². The third-order valence-electron chi connectivity index (χ3n) is 6.87. The van der Waals surface area contributed by atoms with Gasteiger partial charge in [0.15, 0.2) is 0 Å². The summed E-state index contributed by atoms with van der Waals surface area (Å²) in [4.78, 5) is 28.5. The van der Waals surface area contributed by atoms with Gasteiger partial charge >= 0.3 is 0 Å². The largest absolute Gasteiger partial charge is 0.489 e. The molecule has 1 atom stereocenters. The third-order valence-corrected chi connectivity index (χ3v) is 8.01. The van der Waals surface area contributed by atoms with E-state index in [-0.39, 0.29) is 12.5 Å². The summed E-state index contributed by atoms with van der Waals surface area (Å²) in [5.41, 5.74) is 3.23. The molecule has 0 aliphatic heterocycles. The van der Waals surface area contributed by atoms with E-state index >= 15 is 0 Å². The molecule has 3 aromatic rings. The summed E-state index contributed by atoms with van der Waals surface area (Å²) in [5, 5.41) is 2.94. The molecule has 0 saturated heterocycles. The van der Waals surface area contributed by atoms with Crippen LogP contribution in [0.5, 0.6) is 5.75 Å². The van der Waals surface area contributed by atoms with Gasteiger partial charge < -0.3 is 15.0 Å². The minimum absolute atomic E-state index is 0.190. The third kappa shape index (κ3) is 9.35. The Hall–Kier alpha value is -3.85. The van der Waals surface area contributed by atoms with Crippen molar-refractivity contribution in [1.29, 1.82) is 0 Å². The van der Waals surface area contributed by atoms with Crippen LogP contribution in [-0.2, 0) is 32.8 Å². The highest BCUT2D eigenvalue weighted by atomic mass is 32.2. The number of aryl methyl sites for hydroxylation is 1. The average Bonchev–Trinajstić information content (AvgIpc) is 2.96. The Morgan fingerprint density at radius 2 is 1.59 bits per heavy atom. The van der Waals surface area contributed by atoms with E-state index in [1.54, 1.807) is 24.3 Å². The van der Waals surface area contributed by atoms with Crippen LogP contribution in [0.1, 0.15) is 49.8 Å². The molecule has 0 spiro atoms. The first-order valence-electron chi connectivity index (χ1n) is 14.0. The number of hydrogen-bond donors (Lipinski definition) is 1. The van der Waals surface area contributed by atoms with Gasteiger partial charge in [0.05, 0.1) is 11.9 Å². The molecule has 0 saturated carbocycles. The van der Waals surface area contributed by atoms with Crippen molar-refractivity contribution in [3.8, 4) is 5.75 Å². The van der Waals surface area contributed by atoms with Gasteiger partial charge in [0.2, 0.25) is 21.8 Å². The van der Waals surface area contributed by atoms with Crippen molar-refractivity contribution in [1.82, 2.24) is 10.2 Å². The first kappa shape index (κ1) is 31.7. The number of benzene rings is 3. The van der Waals surface area contributed by atoms with Crippen LogP contribution in [0.15, 0.2) is 78.9 Å². The van der Waals surface area contributed by atoms with Gasteiger partial charge in [0.25, 0.3) is 0 Å². The van der Waals surface area contributed by atoms with Crippen molar-refractivity contribution >= 4 is 27.5 Å². The molecule has 220 valence electrons. The zero-order valence-electron chi connectivity index (χ0n) is 24.4. The highest BCUT2D eigenvalue weighted by molar-refractivity contribution is 7.92. The van der Waals surface area contributed by atoms with E-state index in [1.807, 2.05) is 75.4 Å². The summed E-state index contributed by atoms with van der Waals surface area (Å²) in [5.74, 6) is -0.123. The van der Waals surface area contributed by atoms with Crippen LogP contribution in [0.4, 0.5) is 5.69 Å². The Morgan fingerprint density at radius 3 is 2.20 bits per heavy atom. The summed E-state index contributed by atoms with van der Waals surface area (Å²) in [6.07, 6.45) is 3.23. The molecule has 0 aliphatic rings. The molecule has 3 rings (SSSR count). The lowest BCUT2D eigenvalue weighted by Crippen LogP contribution is -2.52. The standard InChI is InChI=1S/C32H41N3O5S/c1-5-7-21-33-32(37)30(6-2)34(22-27-16-12-11-13-25(27)3)31(36)23-35(41(4,38)39)28-17-19-29(20-18-28)40-24-26-14-9-8-10-15-26/h8-20,30H,5-7,21-24H2,1-4H3,(H,33,37)/t30-/m1/s1. The van der Waals surface area contributed by atoms with Crippen molar-refractivity contribution in [3.63, 3.8) is 0 Å². The highest BCUT2D eigenvalue weighted by Crippen LogP contribution is 2.24. The summed E-state index contributed by atoms with van der Waals surface area (Å²) in [6, 6.07) is 23.3. The van der Waals surface area contributed by atoms with Crippen LogP contribution in [0.2, 0.25) is 0 Å². The Labute approximate surface area is 244 Å². The zero-order valence-corrected chi connectivity index (χ0v) is 25.2. The van der Waals surface area contributed by atoms with Gasteiger partial charge in [-0.1, -0.05) is 74.9 Å². The summed E-state index contributed by atoms with van der Waals surface area (Å²) in [7, 11) is -3.82. The Morgan fingerprint density at radius 1 is 0.927 bits per heavy atom. The van der Waals surface area contributed by atoms with Crippen molar-refractivity contribution in [2.24, 2.45) is 0 Å². The lowest BCUT2D eigenvalue weighted by Gasteiger charge is -2.33. The molecule has 0 unspecified atom stereocenters. The fourth-order valence-electron chi connectivity index (χ4n) is 4.46. The molecule has 2 amide bonds. The number of nitrogens with one attached hydrogen (secondary N) is 1. The van der Waals surface area contributed by atoms with Gasteiger partial charge in [-0.25, -0.2) is 8.42 Å². The molecule has 41 heavy (non-hydrogen) atoms. The summed E-state index contributed by atoms with van der Waals surface area (Å²) < 4.78 is 32.7. The lowest BCUT2D eigenvalue weighted by molar-refractivity contribution is -0.140. The van der Waals surface area contributed by atoms with Crippen LogP contribution >= 0.6 is 0 Å². The quantitative estimate of drug-likeness (QED) is 0.254. The number of anilines is 1. The first-order chi connectivity index (χ1) is 19.6. The number of nitrogens with zero attached hydrogens (tertiary/aromatic N) is 2. The van der Waals surface area contributed by atoms with E-state index in [2.05, 4.69) is 5.32 Å². The Bertz CT molecular complexity index is 1380. The van der Waals surface area contributed by atoms with E-state index in [0.717, 1.165) is 40.1 Å². The second kappa shape index (κ2) is 15.2. The van der Waals surface area contributed by atoms with Crippen molar-refractivity contribution < 1.29 is 22.7 Å². The number of unbranched alkanes of at least 4 members (excludes halogenated alkanes) is 1. The molecule has 9 heteroatoms. The molecule has 0 radical (unpaired) electrons. The molecule has 1 N–H and O–H groups in total. The lowest BCUT2D eigenvalue weighted by atomic mass is 10.1.